The average Bonchev–Trinajstić information content (AvgIpc) is 2.58. The van der Waals surface area contributed by atoms with Gasteiger partial charge in [0.05, 0.1) is 33.4 Å². The molecule has 0 aliphatic carbocycles. The molecule has 0 saturated carbocycles. The SMILES string of the molecule is c1ccc(-c2nc(-c3ccccc3)nc(-c3cc(-c4ccccc4-c4ccccc4-c4ccc(-n5c6ccccc6c6ccccc65)c(-c5nc(-c6ccccc6)nc(-c6ccccc6)n5)c4)ccc3-n3c4ccccc4c4ccccc43)n2)cc1. The Balaban J connectivity index is 0.914. The lowest BCUT2D eigenvalue weighted by Gasteiger charge is -2.19. The van der Waals surface area contributed by atoms with Gasteiger partial charge in [-0.05, 0) is 81.9 Å². The Hall–Kier alpha value is -11.7. The van der Waals surface area contributed by atoms with Gasteiger partial charge in [-0.15, -0.1) is 0 Å². The predicted octanol–water partition coefficient (Wildman–Crippen LogP) is 19.3. The van der Waals surface area contributed by atoms with E-state index in [0.717, 1.165) is 100 Å². The molecule has 0 fully saturated rings. The normalized spacial score (nSPS) is 11.5. The maximum absolute atomic E-state index is 5.39. The lowest BCUT2D eigenvalue weighted by molar-refractivity contribution is 1.06. The van der Waals surface area contributed by atoms with Crippen LogP contribution in [0.25, 0.3) is 157 Å². The molecule has 8 heteroatoms. The van der Waals surface area contributed by atoms with Crippen LogP contribution in [0.1, 0.15) is 0 Å². The van der Waals surface area contributed by atoms with E-state index in [1.165, 1.54) is 21.5 Å². The fraction of sp³-hybridized carbons (Fsp3) is 0. The van der Waals surface area contributed by atoms with Crippen molar-refractivity contribution in [2.24, 2.45) is 0 Å². The quantitative estimate of drug-likeness (QED) is 0.128. The van der Waals surface area contributed by atoms with Crippen molar-refractivity contribution >= 4 is 43.6 Å². The fourth-order valence-electron chi connectivity index (χ4n) is 12.3. The Bertz CT molecular complexity index is 4680. The molecule has 16 aromatic rings. The molecule has 86 heavy (non-hydrogen) atoms. The first-order chi connectivity index (χ1) is 42.7. The lowest BCUT2D eigenvalue weighted by atomic mass is 9.88. The van der Waals surface area contributed by atoms with E-state index in [4.69, 9.17) is 29.9 Å². The Labute approximate surface area is 496 Å². The van der Waals surface area contributed by atoms with Crippen molar-refractivity contribution in [3.63, 3.8) is 0 Å². The van der Waals surface area contributed by atoms with Crippen LogP contribution in [0.15, 0.2) is 303 Å². The lowest BCUT2D eigenvalue weighted by Crippen LogP contribution is -2.04. The van der Waals surface area contributed by atoms with Gasteiger partial charge in [0, 0.05) is 54.9 Å². The molecule has 12 aromatic carbocycles. The van der Waals surface area contributed by atoms with E-state index in [1.54, 1.807) is 0 Å². The van der Waals surface area contributed by atoms with Gasteiger partial charge >= 0.3 is 0 Å². The second kappa shape index (κ2) is 21.2. The van der Waals surface area contributed by atoms with Crippen LogP contribution in [-0.2, 0) is 0 Å². The van der Waals surface area contributed by atoms with Crippen LogP contribution in [0, 0.1) is 0 Å². The summed E-state index contributed by atoms with van der Waals surface area (Å²) in [5.74, 6) is 3.50. The molecular weight excluding hydrogens is 1050 g/mol. The molecule has 0 spiro atoms. The minimum Gasteiger partial charge on any atom is -0.309 e. The van der Waals surface area contributed by atoms with E-state index < -0.39 is 0 Å². The predicted molar refractivity (Wildman–Crippen MR) is 351 cm³/mol. The number of fused-ring (bicyclic) bond motifs is 6. The van der Waals surface area contributed by atoms with Crippen LogP contribution in [0.5, 0.6) is 0 Å². The van der Waals surface area contributed by atoms with Crippen LogP contribution < -0.4 is 0 Å². The highest BCUT2D eigenvalue weighted by atomic mass is 15.1. The second-order valence-electron chi connectivity index (χ2n) is 21.4. The highest BCUT2D eigenvalue weighted by molar-refractivity contribution is 6.11. The monoisotopic (exact) mass is 1100 g/mol. The Morgan fingerprint density at radius 2 is 0.419 bits per heavy atom. The summed E-state index contributed by atoms with van der Waals surface area (Å²) in [6, 6.07) is 106. The molecule has 4 heterocycles. The Morgan fingerprint density at radius 3 is 0.721 bits per heavy atom. The first-order valence-corrected chi connectivity index (χ1v) is 28.9. The molecule has 0 bridgehead atoms. The number of hydrogen-bond acceptors (Lipinski definition) is 6. The van der Waals surface area contributed by atoms with Gasteiger partial charge in [0.25, 0.3) is 0 Å². The molecular formula is C78H50N8. The third-order valence-electron chi connectivity index (χ3n) is 16.3. The molecule has 0 unspecified atom stereocenters. The smallest absolute Gasteiger partial charge is 0.166 e. The van der Waals surface area contributed by atoms with Gasteiger partial charge < -0.3 is 9.13 Å². The first kappa shape index (κ1) is 50.0. The molecule has 0 aliphatic heterocycles. The Kier molecular flexibility index (Phi) is 12.3. The zero-order valence-corrected chi connectivity index (χ0v) is 46.4. The van der Waals surface area contributed by atoms with Crippen LogP contribution in [-0.4, -0.2) is 39.0 Å². The minimum atomic E-state index is 0.564. The largest absolute Gasteiger partial charge is 0.309 e. The standard InChI is InChI=1S/C78H50N8/c1-5-25-51(26-6-1)73-79-74(52-27-7-2-8-28-52)82-77(81-73)65-49-55(45-47-71(65)85-67-41-21-17-37-61(67)62-38-18-22-42-68(62)85)57-33-13-15-35-59(57)60-36-16-14-34-58(60)56-46-48-72(86-69-43-23-19-39-63(69)64-40-20-24-44-70(64)86)66(50-56)78-83-75(53-29-9-3-10-30-53)80-76(84-78)54-31-11-4-12-32-54/h1-50H. The van der Waals surface area contributed by atoms with Gasteiger partial charge in [-0.25, -0.2) is 29.9 Å². The molecule has 16 rings (SSSR count). The summed E-state index contributed by atoms with van der Waals surface area (Å²) in [7, 11) is 0. The zero-order valence-electron chi connectivity index (χ0n) is 46.4. The van der Waals surface area contributed by atoms with E-state index >= 15 is 0 Å². The fourth-order valence-corrected chi connectivity index (χ4v) is 12.3. The third kappa shape index (κ3) is 8.79. The van der Waals surface area contributed by atoms with Crippen molar-refractivity contribution < 1.29 is 0 Å². The van der Waals surface area contributed by atoms with Gasteiger partial charge in [0.15, 0.2) is 34.9 Å². The summed E-state index contributed by atoms with van der Waals surface area (Å²) in [5.41, 5.74) is 17.8. The third-order valence-corrected chi connectivity index (χ3v) is 16.3. The number of rotatable bonds is 11. The zero-order chi connectivity index (χ0) is 56.9. The van der Waals surface area contributed by atoms with Crippen LogP contribution in [0.4, 0.5) is 0 Å². The van der Waals surface area contributed by atoms with Gasteiger partial charge in [-0.1, -0.05) is 255 Å². The molecule has 8 nitrogen and oxygen atoms in total. The Morgan fingerprint density at radius 1 is 0.174 bits per heavy atom. The highest BCUT2D eigenvalue weighted by Crippen LogP contribution is 2.45. The maximum atomic E-state index is 5.39. The summed E-state index contributed by atoms with van der Waals surface area (Å²) in [4.78, 5) is 31.8. The summed E-state index contributed by atoms with van der Waals surface area (Å²) in [6.07, 6.45) is 0. The van der Waals surface area contributed by atoms with E-state index in [1.807, 2.05) is 72.8 Å². The molecule has 0 saturated heterocycles. The molecule has 0 amide bonds. The second-order valence-corrected chi connectivity index (χ2v) is 21.4. The number of para-hydroxylation sites is 4. The number of aromatic nitrogens is 8. The van der Waals surface area contributed by atoms with Crippen molar-refractivity contribution in [2.45, 2.75) is 0 Å². The van der Waals surface area contributed by atoms with Crippen molar-refractivity contribution in [1.29, 1.82) is 0 Å². The van der Waals surface area contributed by atoms with E-state index in [0.29, 0.717) is 34.9 Å². The number of nitrogens with zero attached hydrogens (tertiary/aromatic N) is 8. The highest BCUT2D eigenvalue weighted by Gasteiger charge is 2.24. The molecule has 4 aromatic heterocycles. The van der Waals surface area contributed by atoms with Gasteiger partial charge in [-0.3, -0.25) is 0 Å². The van der Waals surface area contributed by atoms with Crippen molar-refractivity contribution in [1.82, 2.24) is 39.0 Å². The topological polar surface area (TPSA) is 87.2 Å². The van der Waals surface area contributed by atoms with Crippen molar-refractivity contribution in [2.75, 3.05) is 0 Å². The summed E-state index contributed by atoms with van der Waals surface area (Å²) < 4.78 is 4.72. The minimum absolute atomic E-state index is 0.564. The van der Waals surface area contributed by atoms with Gasteiger partial charge in [0.2, 0.25) is 0 Å². The summed E-state index contributed by atoms with van der Waals surface area (Å²) in [6.45, 7) is 0. The average molecular weight is 1100 g/mol. The first-order valence-electron chi connectivity index (χ1n) is 28.9. The molecule has 0 aliphatic rings. The van der Waals surface area contributed by atoms with Crippen LogP contribution >= 0.6 is 0 Å². The maximum Gasteiger partial charge on any atom is 0.166 e. The summed E-state index contributed by atoms with van der Waals surface area (Å²) in [5, 5.41) is 4.67. The number of hydrogen-bond donors (Lipinski definition) is 0. The number of benzene rings is 12. The molecule has 402 valence electrons. The van der Waals surface area contributed by atoms with E-state index in [-0.39, 0.29) is 0 Å². The van der Waals surface area contributed by atoms with Crippen LogP contribution in [0.2, 0.25) is 0 Å². The van der Waals surface area contributed by atoms with E-state index in [2.05, 4.69) is 240 Å². The molecule has 0 atom stereocenters. The van der Waals surface area contributed by atoms with Gasteiger partial charge in [0.1, 0.15) is 0 Å². The van der Waals surface area contributed by atoms with Gasteiger partial charge in [-0.2, -0.15) is 0 Å². The van der Waals surface area contributed by atoms with Crippen molar-refractivity contribution in [3.05, 3.63) is 303 Å². The van der Waals surface area contributed by atoms with Crippen molar-refractivity contribution in [3.8, 4) is 113 Å². The molecule has 0 N–H and O–H groups in total. The van der Waals surface area contributed by atoms with E-state index in [9.17, 15) is 0 Å². The molecule has 0 radical (unpaired) electrons. The summed E-state index contributed by atoms with van der Waals surface area (Å²) >= 11 is 0. The van der Waals surface area contributed by atoms with Crippen LogP contribution in [0.3, 0.4) is 0 Å².